The van der Waals surface area contributed by atoms with Gasteiger partial charge >= 0.3 is 0 Å². The summed E-state index contributed by atoms with van der Waals surface area (Å²) in [5.41, 5.74) is 3.50. The van der Waals surface area contributed by atoms with Gasteiger partial charge < -0.3 is 10.1 Å². The van der Waals surface area contributed by atoms with E-state index >= 15 is 0 Å². The van der Waals surface area contributed by atoms with E-state index in [0.717, 1.165) is 37.4 Å². The second-order valence-corrected chi connectivity index (χ2v) is 4.67. The molecule has 94 valence electrons. The summed E-state index contributed by atoms with van der Waals surface area (Å²) in [7, 11) is 0. The molecule has 6 heteroatoms. The Hall–Kier alpha value is -1.40. The molecule has 4 N–H and O–H groups in total. The van der Waals surface area contributed by atoms with Gasteiger partial charge in [-0.05, 0) is 26.7 Å². The largest absolute Gasteiger partial charge is 0.381 e. The number of nitrogens with zero attached hydrogens (tertiary/aromatic N) is 2. The van der Waals surface area contributed by atoms with Gasteiger partial charge in [0.1, 0.15) is 5.82 Å². The lowest BCUT2D eigenvalue weighted by atomic mass is 9.92. The van der Waals surface area contributed by atoms with Gasteiger partial charge in [-0.1, -0.05) is 0 Å². The minimum Gasteiger partial charge on any atom is -0.381 e. The number of nitrogens with two attached hydrogens (primary N) is 1. The van der Waals surface area contributed by atoms with Crippen molar-refractivity contribution in [3.63, 3.8) is 0 Å². The quantitative estimate of drug-likeness (QED) is 0.538. The van der Waals surface area contributed by atoms with Gasteiger partial charge in [0, 0.05) is 30.5 Å². The van der Waals surface area contributed by atoms with E-state index in [2.05, 4.69) is 27.6 Å². The first-order valence-corrected chi connectivity index (χ1v) is 5.79. The molecule has 0 unspecified atom stereocenters. The smallest absolute Gasteiger partial charge is 0.239 e. The molecular formula is C11H19N5O. The number of nitrogen functional groups attached to an aromatic ring is 1. The van der Waals surface area contributed by atoms with Gasteiger partial charge in [-0.3, -0.25) is 5.43 Å². The van der Waals surface area contributed by atoms with Gasteiger partial charge in [0.2, 0.25) is 5.95 Å². The lowest BCUT2D eigenvalue weighted by Gasteiger charge is -2.35. The summed E-state index contributed by atoms with van der Waals surface area (Å²) < 4.78 is 5.37. The Morgan fingerprint density at radius 1 is 1.41 bits per heavy atom. The molecule has 0 atom stereocenters. The summed E-state index contributed by atoms with van der Waals surface area (Å²) in [6.45, 7) is 5.74. The van der Waals surface area contributed by atoms with Crippen LogP contribution in [-0.2, 0) is 4.74 Å². The Bertz CT molecular complexity index is 389. The first kappa shape index (κ1) is 12.1. The van der Waals surface area contributed by atoms with Gasteiger partial charge in [-0.15, -0.1) is 0 Å². The summed E-state index contributed by atoms with van der Waals surface area (Å²) in [6.07, 6.45) is 3.71. The fraction of sp³-hybridized carbons (Fsp3) is 0.636. The fourth-order valence-electron chi connectivity index (χ4n) is 1.87. The molecule has 1 saturated heterocycles. The van der Waals surface area contributed by atoms with Gasteiger partial charge in [0.25, 0.3) is 0 Å². The van der Waals surface area contributed by atoms with E-state index in [9.17, 15) is 0 Å². The van der Waals surface area contributed by atoms with E-state index in [1.807, 2.05) is 6.92 Å². The molecule has 2 heterocycles. The SMILES string of the molecule is Cc1cnc(NN)nc1NC1(C)CCOCC1. The molecule has 1 aromatic rings. The summed E-state index contributed by atoms with van der Waals surface area (Å²) >= 11 is 0. The van der Waals surface area contributed by atoms with Crippen LogP contribution in [0, 0.1) is 6.92 Å². The molecule has 0 spiro atoms. The van der Waals surface area contributed by atoms with Crippen molar-refractivity contribution in [2.45, 2.75) is 32.2 Å². The highest BCUT2D eigenvalue weighted by Gasteiger charge is 2.28. The fourth-order valence-corrected chi connectivity index (χ4v) is 1.87. The number of ether oxygens (including phenoxy) is 1. The van der Waals surface area contributed by atoms with E-state index in [0.29, 0.717) is 5.95 Å². The monoisotopic (exact) mass is 237 g/mol. The predicted molar refractivity (Wildman–Crippen MR) is 66.7 cm³/mol. The van der Waals surface area contributed by atoms with Crippen LogP contribution in [-0.4, -0.2) is 28.7 Å². The number of aromatic nitrogens is 2. The summed E-state index contributed by atoms with van der Waals surface area (Å²) in [5, 5.41) is 3.47. The number of hydrogen-bond donors (Lipinski definition) is 3. The van der Waals surface area contributed by atoms with Crippen LogP contribution in [0.25, 0.3) is 0 Å². The standard InChI is InChI=1S/C11H19N5O/c1-8-7-13-10(16-12)14-9(8)15-11(2)3-5-17-6-4-11/h7H,3-6,12H2,1-2H3,(H2,13,14,15,16). The number of rotatable bonds is 3. The zero-order valence-corrected chi connectivity index (χ0v) is 10.3. The van der Waals surface area contributed by atoms with Gasteiger partial charge in [-0.25, -0.2) is 10.8 Å². The van der Waals surface area contributed by atoms with Crippen molar-refractivity contribution < 1.29 is 4.74 Å². The Kier molecular flexibility index (Phi) is 3.44. The number of nitrogens with one attached hydrogen (secondary N) is 2. The second-order valence-electron chi connectivity index (χ2n) is 4.67. The van der Waals surface area contributed by atoms with E-state index < -0.39 is 0 Å². The minimum atomic E-state index is 0.0310. The number of aryl methyl sites for hydroxylation is 1. The average Bonchev–Trinajstić information content (AvgIpc) is 2.33. The molecule has 6 nitrogen and oxygen atoms in total. The second kappa shape index (κ2) is 4.85. The van der Waals surface area contributed by atoms with Crippen LogP contribution in [0.5, 0.6) is 0 Å². The summed E-state index contributed by atoms with van der Waals surface area (Å²) in [4.78, 5) is 8.39. The van der Waals surface area contributed by atoms with Crippen molar-refractivity contribution in [2.24, 2.45) is 5.84 Å². The molecule has 0 radical (unpaired) electrons. The minimum absolute atomic E-state index is 0.0310. The number of anilines is 2. The normalized spacial score (nSPS) is 18.8. The van der Waals surface area contributed by atoms with Crippen LogP contribution in [0.3, 0.4) is 0 Å². The first-order chi connectivity index (χ1) is 8.13. The van der Waals surface area contributed by atoms with E-state index in [-0.39, 0.29) is 5.54 Å². The van der Waals surface area contributed by atoms with Gasteiger partial charge in [0.05, 0.1) is 0 Å². The van der Waals surface area contributed by atoms with Crippen LogP contribution in [0.1, 0.15) is 25.3 Å². The molecular weight excluding hydrogens is 218 g/mol. The van der Waals surface area contributed by atoms with Gasteiger partial charge in [0.15, 0.2) is 0 Å². The van der Waals surface area contributed by atoms with Crippen LogP contribution >= 0.6 is 0 Å². The maximum Gasteiger partial charge on any atom is 0.239 e. The van der Waals surface area contributed by atoms with Crippen molar-refractivity contribution in [1.29, 1.82) is 0 Å². The topological polar surface area (TPSA) is 85.1 Å². The first-order valence-electron chi connectivity index (χ1n) is 5.79. The van der Waals surface area contributed by atoms with E-state index in [4.69, 9.17) is 10.6 Å². The van der Waals surface area contributed by atoms with E-state index in [1.54, 1.807) is 6.20 Å². The third kappa shape index (κ3) is 2.83. The van der Waals surface area contributed by atoms with Crippen molar-refractivity contribution in [1.82, 2.24) is 9.97 Å². The lowest BCUT2D eigenvalue weighted by molar-refractivity contribution is 0.0657. The highest BCUT2D eigenvalue weighted by molar-refractivity contribution is 5.48. The zero-order valence-electron chi connectivity index (χ0n) is 10.3. The Morgan fingerprint density at radius 3 is 2.76 bits per heavy atom. The van der Waals surface area contributed by atoms with Crippen molar-refractivity contribution >= 4 is 11.8 Å². The highest BCUT2D eigenvalue weighted by Crippen LogP contribution is 2.26. The maximum absolute atomic E-state index is 5.37. The van der Waals surface area contributed by atoms with Crippen LogP contribution < -0.4 is 16.6 Å². The third-order valence-corrected chi connectivity index (χ3v) is 3.12. The molecule has 0 aliphatic carbocycles. The maximum atomic E-state index is 5.37. The molecule has 1 aliphatic heterocycles. The summed E-state index contributed by atoms with van der Waals surface area (Å²) in [6, 6.07) is 0. The molecule has 2 rings (SSSR count). The number of hydrogen-bond acceptors (Lipinski definition) is 6. The van der Waals surface area contributed by atoms with Crippen LogP contribution in [0.2, 0.25) is 0 Å². The number of hydrazine groups is 1. The van der Waals surface area contributed by atoms with E-state index in [1.165, 1.54) is 0 Å². The molecule has 0 saturated carbocycles. The Morgan fingerprint density at radius 2 is 2.12 bits per heavy atom. The molecule has 1 aliphatic rings. The molecule has 1 aromatic heterocycles. The Balaban J connectivity index is 2.16. The summed E-state index contributed by atoms with van der Waals surface area (Å²) in [5.74, 6) is 6.57. The predicted octanol–water partition coefficient (Wildman–Crippen LogP) is 1.05. The van der Waals surface area contributed by atoms with Crippen LogP contribution in [0.15, 0.2) is 6.20 Å². The third-order valence-electron chi connectivity index (χ3n) is 3.12. The lowest BCUT2D eigenvalue weighted by Crippen LogP contribution is -2.41. The molecule has 0 bridgehead atoms. The van der Waals surface area contributed by atoms with Crippen LogP contribution in [0.4, 0.5) is 11.8 Å². The molecule has 1 fully saturated rings. The molecule has 0 aromatic carbocycles. The highest BCUT2D eigenvalue weighted by atomic mass is 16.5. The van der Waals surface area contributed by atoms with Crippen molar-refractivity contribution in [3.05, 3.63) is 11.8 Å². The van der Waals surface area contributed by atoms with Crippen molar-refractivity contribution in [2.75, 3.05) is 24.0 Å². The van der Waals surface area contributed by atoms with Crippen molar-refractivity contribution in [3.8, 4) is 0 Å². The van der Waals surface area contributed by atoms with Gasteiger partial charge in [-0.2, -0.15) is 4.98 Å². The molecule has 17 heavy (non-hydrogen) atoms. The molecule has 0 amide bonds. The zero-order chi connectivity index (χ0) is 12.3. The average molecular weight is 237 g/mol. The Labute approximate surface area is 101 Å².